The van der Waals surface area contributed by atoms with Gasteiger partial charge in [-0.2, -0.15) is 0 Å². The van der Waals surface area contributed by atoms with E-state index >= 15 is 0 Å². The lowest BCUT2D eigenvalue weighted by molar-refractivity contribution is 0.330. The molecule has 0 aliphatic rings. The topological polar surface area (TPSA) is 35.0 Å². The molecule has 3 nitrogen and oxygen atoms in total. The number of hydrogen-bond acceptors (Lipinski definition) is 3. The molecule has 0 radical (unpaired) electrons. The van der Waals surface area contributed by atoms with Gasteiger partial charge in [-0.05, 0) is 49.4 Å². The van der Waals surface area contributed by atoms with Gasteiger partial charge in [0.1, 0.15) is 12.4 Å². The van der Waals surface area contributed by atoms with E-state index in [0.29, 0.717) is 18.9 Å². The van der Waals surface area contributed by atoms with Crippen LogP contribution in [-0.2, 0) is 6.42 Å². The summed E-state index contributed by atoms with van der Waals surface area (Å²) >= 11 is 0. The van der Waals surface area contributed by atoms with Gasteiger partial charge >= 0.3 is 0 Å². The second-order valence-electron chi connectivity index (χ2n) is 7.50. The van der Waals surface area contributed by atoms with E-state index in [1.807, 2.05) is 36.7 Å². The van der Waals surface area contributed by atoms with Crippen LogP contribution in [0.1, 0.15) is 38.2 Å². The van der Waals surface area contributed by atoms with E-state index in [4.69, 9.17) is 4.74 Å². The lowest BCUT2D eigenvalue weighted by Gasteiger charge is -2.07. The number of aryl methyl sites for hydroxylation is 1. The van der Waals surface area contributed by atoms with Crippen molar-refractivity contribution in [2.75, 3.05) is 6.61 Å². The van der Waals surface area contributed by atoms with Crippen molar-refractivity contribution < 1.29 is 9.13 Å². The molecule has 4 heteroatoms. The Morgan fingerprint density at radius 3 is 2.20 bits per heavy atom. The highest BCUT2D eigenvalue weighted by atomic mass is 19.1. The van der Waals surface area contributed by atoms with Gasteiger partial charge in [-0.1, -0.05) is 61.9 Å². The molecule has 1 heterocycles. The van der Waals surface area contributed by atoms with Gasteiger partial charge < -0.3 is 4.74 Å². The molecule has 0 aliphatic carbocycles. The fourth-order valence-electron chi connectivity index (χ4n) is 3.28. The van der Waals surface area contributed by atoms with E-state index in [1.165, 1.54) is 5.56 Å². The predicted molar refractivity (Wildman–Crippen MR) is 121 cm³/mol. The van der Waals surface area contributed by atoms with Crippen LogP contribution in [-0.4, -0.2) is 22.7 Å². The van der Waals surface area contributed by atoms with Crippen molar-refractivity contribution in [1.29, 1.82) is 0 Å². The summed E-state index contributed by atoms with van der Waals surface area (Å²) < 4.78 is 18.3. The largest absolute Gasteiger partial charge is 0.490 e. The van der Waals surface area contributed by atoms with Gasteiger partial charge in [0.25, 0.3) is 0 Å². The van der Waals surface area contributed by atoms with Crippen LogP contribution in [0, 0.1) is 0 Å². The van der Waals surface area contributed by atoms with Crippen LogP contribution in [0.25, 0.3) is 22.5 Å². The molecule has 3 aromatic rings. The van der Waals surface area contributed by atoms with E-state index in [0.717, 1.165) is 48.1 Å². The maximum absolute atomic E-state index is 12.8. The van der Waals surface area contributed by atoms with Gasteiger partial charge in [-0.15, -0.1) is 0 Å². The maximum Gasteiger partial charge on any atom is 0.159 e. The van der Waals surface area contributed by atoms with Gasteiger partial charge in [-0.25, -0.2) is 14.4 Å². The maximum atomic E-state index is 12.8. The first-order valence-electron chi connectivity index (χ1n) is 10.6. The second kappa shape index (κ2) is 11.2. The number of unbranched alkanes of at least 4 members (excludes halogenated alkanes) is 2. The fraction of sp³-hybridized carbons (Fsp3) is 0.308. The molecular formula is C26H29FN2O. The number of rotatable bonds is 11. The molecule has 0 saturated heterocycles. The van der Waals surface area contributed by atoms with Crippen molar-refractivity contribution in [1.82, 2.24) is 9.97 Å². The summed E-state index contributed by atoms with van der Waals surface area (Å²) in [5.74, 6) is 1.53. The van der Waals surface area contributed by atoms with Gasteiger partial charge in [0, 0.05) is 23.5 Å². The number of benzene rings is 2. The molecule has 0 bridgehead atoms. The summed E-state index contributed by atoms with van der Waals surface area (Å²) in [5, 5.41) is 0. The lowest BCUT2D eigenvalue weighted by Crippen LogP contribution is -1.93. The molecule has 0 amide bonds. The van der Waals surface area contributed by atoms with Gasteiger partial charge in [-0.3, -0.25) is 0 Å². The quantitative estimate of drug-likeness (QED) is 0.259. The highest BCUT2D eigenvalue weighted by molar-refractivity contribution is 5.64. The van der Waals surface area contributed by atoms with E-state index in [9.17, 15) is 4.39 Å². The predicted octanol–water partition coefficient (Wildman–Crippen LogP) is 6.84. The summed E-state index contributed by atoms with van der Waals surface area (Å²) in [6.07, 6.45) is 9.54. The Morgan fingerprint density at radius 1 is 0.900 bits per heavy atom. The number of hydrogen-bond donors (Lipinski definition) is 0. The molecule has 1 aromatic heterocycles. The smallest absolute Gasteiger partial charge is 0.159 e. The molecule has 156 valence electrons. The highest BCUT2D eigenvalue weighted by Gasteiger charge is 2.05. The number of alkyl halides is 1. The lowest BCUT2D eigenvalue weighted by atomic mass is 10.0. The number of ether oxygens (including phenoxy) is 1. The van der Waals surface area contributed by atoms with Crippen LogP contribution in [0.4, 0.5) is 4.39 Å². The van der Waals surface area contributed by atoms with Crippen LogP contribution < -0.4 is 4.74 Å². The van der Waals surface area contributed by atoms with Crippen molar-refractivity contribution in [3.05, 3.63) is 79.1 Å². The third-order valence-electron chi connectivity index (χ3n) is 4.99. The summed E-state index contributed by atoms with van der Waals surface area (Å²) in [6, 6.07) is 16.3. The van der Waals surface area contributed by atoms with E-state index in [2.05, 4.69) is 40.8 Å². The van der Waals surface area contributed by atoms with Crippen molar-refractivity contribution in [3.8, 4) is 28.3 Å². The molecule has 30 heavy (non-hydrogen) atoms. The number of nitrogens with zero attached hydrogens (tertiary/aromatic N) is 2. The first kappa shape index (κ1) is 21.7. The first-order valence-corrected chi connectivity index (χ1v) is 10.6. The first-order chi connectivity index (χ1) is 14.7. The molecule has 0 fully saturated rings. The number of aromatic nitrogens is 2. The normalized spacial score (nSPS) is 11.8. The summed E-state index contributed by atoms with van der Waals surface area (Å²) in [7, 11) is 0. The summed E-state index contributed by atoms with van der Waals surface area (Å²) in [6.45, 7) is 5.77. The van der Waals surface area contributed by atoms with Crippen molar-refractivity contribution >= 4 is 0 Å². The molecule has 0 spiro atoms. The Labute approximate surface area is 178 Å². The summed E-state index contributed by atoms with van der Waals surface area (Å²) in [4.78, 5) is 9.08. The van der Waals surface area contributed by atoms with Crippen LogP contribution in [0.15, 0.2) is 73.6 Å². The Morgan fingerprint density at radius 2 is 1.57 bits per heavy atom. The molecule has 0 N–H and O–H groups in total. The minimum atomic E-state index is -0.689. The van der Waals surface area contributed by atoms with Crippen LogP contribution in [0.3, 0.4) is 0 Å². The fourth-order valence-corrected chi connectivity index (χ4v) is 3.28. The molecule has 2 aromatic carbocycles. The van der Waals surface area contributed by atoms with E-state index < -0.39 is 6.17 Å². The van der Waals surface area contributed by atoms with Crippen LogP contribution in [0.2, 0.25) is 0 Å². The molecular weight excluding hydrogens is 375 g/mol. The zero-order valence-electron chi connectivity index (χ0n) is 17.6. The Balaban J connectivity index is 1.56. The van der Waals surface area contributed by atoms with Crippen LogP contribution in [0.5, 0.6) is 5.75 Å². The van der Waals surface area contributed by atoms with Crippen molar-refractivity contribution in [2.24, 2.45) is 0 Å². The van der Waals surface area contributed by atoms with Crippen LogP contribution >= 0.6 is 0 Å². The van der Waals surface area contributed by atoms with E-state index in [1.54, 1.807) is 13.0 Å². The average Bonchev–Trinajstić information content (AvgIpc) is 2.78. The Bertz CT molecular complexity index is 903. The Hall–Kier alpha value is -3.01. The van der Waals surface area contributed by atoms with Crippen molar-refractivity contribution in [2.45, 2.75) is 45.2 Å². The minimum Gasteiger partial charge on any atom is -0.490 e. The SMILES string of the molecule is C=CCOc1ccc(-c2cnc(-c3ccc(CCCCCC(C)F)cc3)nc2)cc1. The molecule has 1 unspecified atom stereocenters. The Kier molecular flexibility index (Phi) is 8.13. The second-order valence-corrected chi connectivity index (χ2v) is 7.50. The van der Waals surface area contributed by atoms with Crippen molar-refractivity contribution in [3.63, 3.8) is 0 Å². The van der Waals surface area contributed by atoms with Gasteiger partial charge in [0.15, 0.2) is 5.82 Å². The van der Waals surface area contributed by atoms with E-state index in [-0.39, 0.29) is 0 Å². The molecule has 0 saturated carbocycles. The zero-order valence-corrected chi connectivity index (χ0v) is 17.6. The molecule has 3 rings (SSSR count). The van der Waals surface area contributed by atoms with Gasteiger partial charge in [0.2, 0.25) is 0 Å². The third kappa shape index (κ3) is 6.51. The van der Waals surface area contributed by atoms with Gasteiger partial charge in [0.05, 0.1) is 6.17 Å². The standard InChI is InChI=1S/C26H29FN2O/c1-3-17-30-25-15-13-22(14-16-25)24-18-28-26(29-19-24)23-11-9-21(10-12-23)8-6-4-5-7-20(2)27/h3,9-16,18-20H,1,4-8,17H2,2H3. The monoisotopic (exact) mass is 404 g/mol. The third-order valence-corrected chi connectivity index (χ3v) is 4.99. The minimum absolute atomic E-state index is 0.494. The average molecular weight is 405 g/mol. The summed E-state index contributed by atoms with van der Waals surface area (Å²) in [5.41, 5.74) is 4.31. The highest BCUT2D eigenvalue weighted by Crippen LogP contribution is 2.23. The molecule has 1 atom stereocenters. The number of halogens is 1. The molecule has 0 aliphatic heterocycles. The zero-order chi connectivity index (χ0) is 21.2.